The van der Waals surface area contributed by atoms with Gasteiger partial charge in [0, 0.05) is 32.1 Å². The highest BCUT2D eigenvalue weighted by atomic mass is 19.3. The van der Waals surface area contributed by atoms with Gasteiger partial charge in [-0.2, -0.15) is 0 Å². The van der Waals surface area contributed by atoms with Gasteiger partial charge in [-0.15, -0.1) is 10.2 Å². The maximum atomic E-state index is 14.1. The lowest BCUT2D eigenvalue weighted by atomic mass is 9.61. The number of piperidine rings is 1. The van der Waals surface area contributed by atoms with Crippen molar-refractivity contribution < 1.29 is 8.78 Å². The molecule has 0 spiro atoms. The number of alkyl halides is 2. The summed E-state index contributed by atoms with van der Waals surface area (Å²) in [5.41, 5.74) is 2.12. The molecule has 1 N–H and O–H groups in total. The molecule has 4 aromatic rings. The molecule has 4 heterocycles. The van der Waals surface area contributed by atoms with Crippen molar-refractivity contribution in [1.82, 2.24) is 34.2 Å². The van der Waals surface area contributed by atoms with E-state index in [2.05, 4.69) is 25.1 Å². The van der Waals surface area contributed by atoms with E-state index in [1.807, 2.05) is 12.1 Å². The first kappa shape index (κ1) is 22.1. The standard InChI is InChI=1S/C25H27F2N7O/c1-32-16-29-31-23(32)24(13-25(26,27)14-24)17-6-5-7-19(10-17)34-15-28-20-11-18(30-21(20)22(34)35)12-33-8-3-2-4-9-33/h5-7,10-11,15-16,30H,2-4,8-9,12-14H2,1H3. The second-order valence-corrected chi connectivity index (χ2v) is 9.92. The summed E-state index contributed by atoms with van der Waals surface area (Å²) in [7, 11) is 1.76. The first-order valence-corrected chi connectivity index (χ1v) is 12.0. The Bertz CT molecular complexity index is 1440. The Kier molecular flexibility index (Phi) is 5.10. The van der Waals surface area contributed by atoms with E-state index in [1.54, 1.807) is 29.8 Å². The van der Waals surface area contributed by atoms with Crippen molar-refractivity contribution in [2.75, 3.05) is 13.1 Å². The Labute approximate surface area is 200 Å². The molecule has 2 aliphatic rings. The first-order chi connectivity index (χ1) is 16.8. The summed E-state index contributed by atoms with van der Waals surface area (Å²) in [6.45, 7) is 2.89. The molecule has 0 amide bonds. The number of aromatic amines is 1. The highest BCUT2D eigenvalue weighted by Crippen LogP contribution is 2.56. The highest BCUT2D eigenvalue weighted by Gasteiger charge is 2.60. The number of nitrogens with zero attached hydrogens (tertiary/aromatic N) is 6. The van der Waals surface area contributed by atoms with Crippen LogP contribution in [0.25, 0.3) is 16.7 Å². The number of aryl methyl sites for hydroxylation is 1. The van der Waals surface area contributed by atoms with Crippen LogP contribution < -0.4 is 5.56 Å². The molecule has 10 heteroatoms. The van der Waals surface area contributed by atoms with Gasteiger partial charge in [-0.25, -0.2) is 13.8 Å². The van der Waals surface area contributed by atoms with Crippen molar-refractivity contribution >= 4 is 11.0 Å². The van der Waals surface area contributed by atoms with Gasteiger partial charge in [0.1, 0.15) is 24.0 Å². The number of halogens is 2. The lowest BCUT2D eigenvalue weighted by Gasteiger charge is -2.46. The molecule has 6 rings (SSSR count). The van der Waals surface area contributed by atoms with Crippen LogP contribution >= 0.6 is 0 Å². The van der Waals surface area contributed by atoms with E-state index in [0.29, 0.717) is 28.1 Å². The van der Waals surface area contributed by atoms with Crippen LogP contribution in [0.2, 0.25) is 0 Å². The van der Waals surface area contributed by atoms with Gasteiger partial charge >= 0.3 is 0 Å². The molecule has 0 atom stereocenters. The van der Waals surface area contributed by atoms with E-state index >= 15 is 0 Å². The van der Waals surface area contributed by atoms with Gasteiger partial charge in [0.15, 0.2) is 0 Å². The zero-order valence-corrected chi connectivity index (χ0v) is 19.5. The Hall–Kier alpha value is -3.40. The van der Waals surface area contributed by atoms with Crippen LogP contribution in [0, 0.1) is 0 Å². The quantitative estimate of drug-likeness (QED) is 0.473. The molecule has 0 radical (unpaired) electrons. The summed E-state index contributed by atoms with van der Waals surface area (Å²) in [5, 5.41) is 8.06. The summed E-state index contributed by atoms with van der Waals surface area (Å²) < 4.78 is 31.4. The molecule has 1 aliphatic heterocycles. The number of nitrogens with one attached hydrogen (secondary N) is 1. The minimum Gasteiger partial charge on any atom is -0.351 e. The summed E-state index contributed by atoms with van der Waals surface area (Å²) in [6, 6.07) is 9.11. The number of hydrogen-bond acceptors (Lipinski definition) is 5. The zero-order chi connectivity index (χ0) is 24.2. The van der Waals surface area contributed by atoms with Gasteiger partial charge in [0.2, 0.25) is 0 Å². The average Bonchev–Trinajstić information content (AvgIpc) is 3.44. The van der Waals surface area contributed by atoms with Gasteiger partial charge in [-0.05, 0) is 49.7 Å². The van der Waals surface area contributed by atoms with Crippen LogP contribution in [0.4, 0.5) is 8.78 Å². The van der Waals surface area contributed by atoms with Gasteiger partial charge in [0.25, 0.3) is 11.5 Å². The number of rotatable bonds is 5. The van der Waals surface area contributed by atoms with Crippen LogP contribution in [-0.4, -0.2) is 53.2 Å². The summed E-state index contributed by atoms with van der Waals surface area (Å²) in [4.78, 5) is 23.6. The summed E-state index contributed by atoms with van der Waals surface area (Å²) in [5.74, 6) is -2.28. The molecule has 1 saturated carbocycles. The summed E-state index contributed by atoms with van der Waals surface area (Å²) in [6.07, 6.45) is 5.99. The molecule has 3 aromatic heterocycles. The molecule has 0 unspecified atom stereocenters. The molecule has 8 nitrogen and oxygen atoms in total. The fraction of sp³-hybridized carbons (Fsp3) is 0.440. The van der Waals surface area contributed by atoms with Gasteiger partial charge < -0.3 is 9.55 Å². The largest absolute Gasteiger partial charge is 0.351 e. The van der Waals surface area contributed by atoms with Crippen LogP contribution in [-0.2, 0) is 19.0 Å². The molecule has 1 saturated heterocycles. The Morgan fingerprint density at radius 1 is 1.09 bits per heavy atom. The Morgan fingerprint density at radius 3 is 2.60 bits per heavy atom. The van der Waals surface area contributed by atoms with Crippen LogP contribution in [0.3, 0.4) is 0 Å². The van der Waals surface area contributed by atoms with Crippen molar-refractivity contribution in [1.29, 1.82) is 0 Å². The predicted octanol–water partition coefficient (Wildman–Crippen LogP) is 3.54. The van der Waals surface area contributed by atoms with Crippen molar-refractivity contribution in [2.45, 2.75) is 50.0 Å². The lowest BCUT2D eigenvalue weighted by molar-refractivity contribution is -0.116. The predicted molar refractivity (Wildman–Crippen MR) is 127 cm³/mol. The normalized spacial score (nSPS) is 19.6. The number of fused-ring (bicyclic) bond motifs is 1. The fourth-order valence-corrected chi connectivity index (χ4v) is 5.68. The van der Waals surface area contributed by atoms with Gasteiger partial charge in [0.05, 0.1) is 16.6 Å². The third kappa shape index (κ3) is 3.76. The molecule has 1 aliphatic carbocycles. The Balaban J connectivity index is 1.37. The maximum absolute atomic E-state index is 14.1. The second-order valence-electron chi connectivity index (χ2n) is 9.92. The minimum atomic E-state index is -2.77. The molecule has 0 bridgehead atoms. The van der Waals surface area contributed by atoms with Crippen molar-refractivity contribution in [3.8, 4) is 5.69 Å². The van der Waals surface area contributed by atoms with Gasteiger partial charge in [-0.3, -0.25) is 14.3 Å². The average molecular weight is 480 g/mol. The maximum Gasteiger partial charge on any atom is 0.282 e. The summed E-state index contributed by atoms with van der Waals surface area (Å²) >= 11 is 0. The van der Waals surface area contributed by atoms with E-state index in [4.69, 9.17) is 0 Å². The van der Waals surface area contributed by atoms with E-state index in [1.165, 1.54) is 36.5 Å². The molecular weight excluding hydrogens is 452 g/mol. The zero-order valence-electron chi connectivity index (χ0n) is 19.5. The van der Waals surface area contributed by atoms with Crippen LogP contribution in [0.1, 0.15) is 49.2 Å². The number of benzene rings is 1. The molecule has 182 valence electrons. The molecule has 35 heavy (non-hydrogen) atoms. The first-order valence-electron chi connectivity index (χ1n) is 12.0. The topological polar surface area (TPSA) is 84.6 Å². The van der Waals surface area contributed by atoms with E-state index in [0.717, 1.165) is 25.3 Å². The third-order valence-electron chi connectivity index (χ3n) is 7.38. The van der Waals surface area contributed by atoms with Crippen LogP contribution in [0.5, 0.6) is 0 Å². The van der Waals surface area contributed by atoms with Crippen LogP contribution in [0.15, 0.2) is 47.8 Å². The SMILES string of the molecule is Cn1cnnc1C1(c2cccc(-n3cnc4cc(CN5CCCCC5)[nH]c4c3=O)c2)CC(F)(F)C1. The van der Waals surface area contributed by atoms with E-state index < -0.39 is 11.3 Å². The lowest BCUT2D eigenvalue weighted by Crippen LogP contribution is -2.51. The molecule has 2 fully saturated rings. The minimum absolute atomic E-state index is 0.219. The van der Waals surface area contributed by atoms with E-state index in [9.17, 15) is 13.6 Å². The Morgan fingerprint density at radius 2 is 1.89 bits per heavy atom. The molecule has 1 aromatic carbocycles. The fourth-order valence-electron chi connectivity index (χ4n) is 5.68. The number of likely N-dealkylation sites (tertiary alicyclic amines) is 1. The smallest absolute Gasteiger partial charge is 0.282 e. The van der Waals surface area contributed by atoms with Crippen molar-refractivity contribution in [2.24, 2.45) is 7.05 Å². The van der Waals surface area contributed by atoms with Crippen molar-refractivity contribution in [3.63, 3.8) is 0 Å². The number of aromatic nitrogens is 6. The highest BCUT2D eigenvalue weighted by molar-refractivity contribution is 5.75. The van der Waals surface area contributed by atoms with E-state index in [-0.39, 0.29) is 18.4 Å². The van der Waals surface area contributed by atoms with Crippen molar-refractivity contribution in [3.05, 3.63) is 70.4 Å². The monoisotopic (exact) mass is 479 g/mol. The number of H-pyrrole nitrogens is 1. The second kappa shape index (κ2) is 8.08. The van der Waals surface area contributed by atoms with Gasteiger partial charge in [-0.1, -0.05) is 18.6 Å². The number of hydrogen-bond donors (Lipinski definition) is 1. The third-order valence-corrected chi connectivity index (χ3v) is 7.38. The molecular formula is C25H27F2N7O.